The van der Waals surface area contributed by atoms with Crippen LogP contribution in [-0.2, 0) is 9.63 Å². The highest BCUT2D eigenvalue weighted by Gasteiger charge is 2.00. The molecule has 1 amide bonds. The third-order valence-electron chi connectivity index (χ3n) is 0.950. The Morgan fingerprint density at radius 1 is 1.80 bits per heavy atom. The number of carbonyl (C=O) groups is 1. The Bertz CT molecular complexity index is 133. The minimum Gasteiger partial charge on any atom is -0.392 e. The van der Waals surface area contributed by atoms with E-state index in [1.54, 1.807) is 0 Å². The maximum absolute atomic E-state index is 10.7. The Kier molecular flexibility index (Phi) is 4.53. The molecule has 0 rings (SSSR count). The third kappa shape index (κ3) is 3.21. The molecule has 1 N–H and O–H groups in total. The van der Waals surface area contributed by atoms with E-state index >= 15 is 0 Å². The molecule has 58 valence electrons. The molecule has 0 unspecified atom stereocenters. The maximum atomic E-state index is 10.7. The van der Waals surface area contributed by atoms with Gasteiger partial charge >= 0.3 is 0 Å². The summed E-state index contributed by atoms with van der Waals surface area (Å²) in [4.78, 5) is 15.3. The molecule has 0 saturated carbocycles. The molecule has 0 heterocycles. The molecule has 0 aromatic rings. The van der Waals surface area contributed by atoms with Crippen LogP contribution in [0.15, 0.2) is 12.2 Å². The first-order chi connectivity index (χ1) is 4.72. The Morgan fingerprint density at radius 2 is 2.40 bits per heavy atom. The van der Waals surface area contributed by atoms with Crippen molar-refractivity contribution in [3.63, 3.8) is 0 Å². The van der Waals surface area contributed by atoms with Gasteiger partial charge in [-0.1, -0.05) is 6.08 Å². The minimum absolute atomic E-state index is 0.136. The average molecular weight is 145 g/mol. The molecule has 0 bridgehead atoms. The molecule has 0 radical (unpaired) electrons. The summed E-state index contributed by atoms with van der Waals surface area (Å²) in [6, 6.07) is 0. The van der Waals surface area contributed by atoms with Gasteiger partial charge in [-0.3, -0.25) is 9.63 Å². The molecule has 10 heavy (non-hydrogen) atoms. The largest absolute Gasteiger partial charge is 0.392 e. The van der Waals surface area contributed by atoms with E-state index in [2.05, 4.69) is 4.84 Å². The van der Waals surface area contributed by atoms with Gasteiger partial charge in [0, 0.05) is 13.1 Å². The number of aliphatic hydroxyl groups excluding tert-OH is 1. The van der Waals surface area contributed by atoms with Crippen LogP contribution in [0.1, 0.15) is 0 Å². The second kappa shape index (κ2) is 4.96. The third-order valence-corrected chi connectivity index (χ3v) is 0.950. The van der Waals surface area contributed by atoms with E-state index in [0.717, 1.165) is 5.06 Å². The molecule has 0 aliphatic heterocycles. The molecule has 0 aromatic heterocycles. The van der Waals surface area contributed by atoms with Crippen molar-refractivity contribution in [1.29, 1.82) is 0 Å². The SMILES string of the molecule is CON(C)C(=O)/C=C/CO. The van der Waals surface area contributed by atoms with Crippen LogP contribution in [0.2, 0.25) is 0 Å². The highest BCUT2D eigenvalue weighted by Crippen LogP contribution is 1.84. The predicted molar refractivity (Wildman–Crippen MR) is 36.0 cm³/mol. The smallest absolute Gasteiger partial charge is 0.269 e. The van der Waals surface area contributed by atoms with Crippen LogP contribution in [0.5, 0.6) is 0 Å². The van der Waals surface area contributed by atoms with Gasteiger partial charge in [0.15, 0.2) is 0 Å². The van der Waals surface area contributed by atoms with Crippen LogP contribution in [-0.4, -0.2) is 36.8 Å². The van der Waals surface area contributed by atoms with Gasteiger partial charge in [0.25, 0.3) is 5.91 Å². The zero-order valence-corrected chi connectivity index (χ0v) is 6.07. The minimum atomic E-state index is -0.295. The van der Waals surface area contributed by atoms with Crippen molar-refractivity contribution in [2.75, 3.05) is 20.8 Å². The predicted octanol–water partition coefficient (Wildman–Crippen LogP) is -0.445. The summed E-state index contributed by atoms with van der Waals surface area (Å²) in [5, 5.41) is 9.33. The van der Waals surface area contributed by atoms with Gasteiger partial charge in [0.05, 0.1) is 13.7 Å². The van der Waals surface area contributed by atoms with Gasteiger partial charge in [0.1, 0.15) is 0 Å². The summed E-state index contributed by atoms with van der Waals surface area (Å²) in [5.41, 5.74) is 0. The summed E-state index contributed by atoms with van der Waals surface area (Å²) in [7, 11) is 2.88. The number of aliphatic hydroxyl groups is 1. The fourth-order valence-electron chi connectivity index (χ4n) is 0.348. The lowest BCUT2D eigenvalue weighted by Gasteiger charge is -2.09. The molecule has 0 spiro atoms. The van der Waals surface area contributed by atoms with Crippen LogP contribution in [0, 0.1) is 0 Å². The van der Waals surface area contributed by atoms with Crippen molar-refractivity contribution in [3.8, 4) is 0 Å². The number of carbonyl (C=O) groups excluding carboxylic acids is 1. The molecule has 4 nitrogen and oxygen atoms in total. The molecule has 0 aliphatic carbocycles. The van der Waals surface area contributed by atoms with Crippen molar-refractivity contribution in [2.45, 2.75) is 0 Å². The summed E-state index contributed by atoms with van der Waals surface area (Å²) in [6.07, 6.45) is 2.58. The van der Waals surface area contributed by atoms with Crippen LogP contribution in [0.4, 0.5) is 0 Å². The van der Waals surface area contributed by atoms with Gasteiger partial charge in [-0.25, -0.2) is 5.06 Å². The molecule has 0 aliphatic rings. The number of nitrogens with zero attached hydrogens (tertiary/aromatic N) is 1. The summed E-state index contributed by atoms with van der Waals surface area (Å²) >= 11 is 0. The average Bonchev–Trinajstić information content (AvgIpc) is 1.98. The summed E-state index contributed by atoms with van der Waals surface area (Å²) in [6.45, 7) is -0.136. The fourth-order valence-corrected chi connectivity index (χ4v) is 0.348. The van der Waals surface area contributed by atoms with E-state index in [1.165, 1.54) is 26.3 Å². The van der Waals surface area contributed by atoms with Crippen molar-refractivity contribution in [3.05, 3.63) is 12.2 Å². The number of hydrogen-bond acceptors (Lipinski definition) is 3. The lowest BCUT2D eigenvalue weighted by molar-refractivity contribution is -0.162. The van der Waals surface area contributed by atoms with Crippen LogP contribution < -0.4 is 0 Å². The van der Waals surface area contributed by atoms with E-state index in [-0.39, 0.29) is 12.5 Å². The molecule has 0 atom stereocenters. The Morgan fingerprint density at radius 3 is 2.80 bits per heavy atom. The lowest BCUT2D eigenvalue weighted by Crippen LogP contribution is -2.23. The van der Waals surface area contributed by atoms with Crippen molar-refractivity contribution in [1.82, 2.24) is 5.06 Å². The van der Waals surface area contributed by atoms with Crippen molar-refractivity contribution < 1.29 is 14.7 Å². The molecule has 4 heteroatoms. The zero-order valence-electron chi connectivity index (χ0n) is 6.07. The summed E-state index contributed by atoms with van der Waals surface area (Å²) in [5.74, 6) is -0.295. The van der Waals surface area contributed by atoms with Gasteiger partial charge in [-0.2, -0.15) is 0 Å². The normalized spacial score (nSPS) is 10.3. The number of amides is 1. The monoisotopic (exact) mass is 145 g/mol. The number of hydroxylamine groups is 2. The van der Waals surface area contributed by atoms with Gasteiger partial charge < -0.3 is 5.11 Å². The first kappa shape index (κ1) is 9.13. The maximum Gasteiger partial charge on any atom is 0.269 e. The van der Waals surface area contributed by atoms with Crippen LogP contribution in [0.3, 0.4) is 0 Å². The Hall–Kier alpha value is -0.870. The van der Waals surface area contributed by atoms with Crippen LogP contribution in [0.25, 0.3) is 0 Å². The van der Waals surface area contributed by atoms with E-state index in [0.29, 0.717) is 0 Å². The van der Waals surface area contributed by atoms with Crippen molar-refractivity contribution >= 4 is 5.91 Å². The number of likely N-dealkylation sites (N-methyl/N-ethyl adjacent to an activating group) is 1. The zero-order chi connectivity index (χ0) is 7.98. The highest BCUT2D eigenvalue weighted by molar-refractivity contribution is 5.86. The quantitative estimate of drug-likeness (QED) is 0.432. The Balaban J connectivity index is 3.72. The molecular formula is C6H11NO3. The van der Waals surface area contributed by atoms with E-state index in [1.807, 2.05) is 0 Å². The fraction of sp³-hybridized carbons (Fsp3) is 0.500. The number of hydrogen-bond donors (Lipinski definition) is 1. The Labute approximate surface area is 59.7 Å². The second-order valence-corrected chi connectivity index (χ2v) is 1.60. The summed E-state index contributed by atoms with van der Waals surface area (Å²) < 4.78 is 0. The molecule has 0 saturated heterocycles. The van der Waals surface area contributed by atoms with E-state index < -0.39 is 0 Å². The van der Waals surface area contributed by atoms with Gasteiger partial charge in [-0.15, -0.1) is 0 Å². The van der Waals surface area contributed by atoms with Crippen LogP contribution >= 0.6 is 0 Å². The van der Waals surface area contributed by atoms with Gasteiger partial charge in [-0.05, 0) is 0 Å². The highest BCUT2D eigenvalue weighted by atomic mass is 16.7. The molecule has 0 fully saturated rings. The number of rotatable bonds is 3. The molecule has 0 aromatic carbocycles. The van der Waals surface area contributed by atoms with E-state index in [9.17, 15) is 4.79 Å². The van der Waals surface area contributed by atoms with E-state index in [4.69, 9.17) is 5.11 Å². The first-order valence-electron chi connectivity index (χ1n) is 2.81. The lowest BCUT2D eigenvalue weighted by atomic mass is 10.5. The van der Waals surface area contributed by atoms with Crippen molar-refractivity contribution in [2.24, 2.45) is 0 Å². The first-order valence-corrected chi connectivity index (χ1v) is 2.81. The van der Waals surface area contributed by atoms with Gasteiger partial charge in [0.2, 0.25) is 0 Å². The topological polar surface area (TPSA) is 49.8 Å². The molecular weight excluding hydrogens is 134 g/mol. The standard InChI is InChI=1S/C6H11NO3/c1-7(10-2)6(9)4-3-5-8/h3-4,8H,5H2,1-2H3/b4-3+. The second-order valence-electron chi connectivity index (χ2n) is 1.60.